The predicted molar refractivity (Wildman–Crippen MR) is 130 cm³/mol. The van der Waals surface area contributed by atoms with E-state index in [0.717, 1.165) is 31.2 Å². The Kier molecular flexibility index (Phi) is 5.52. The molecule has 5 aromatic rings. The van der Waals surface area contributed by atoms with E-state index in [-0.39, 0.29) is 5.02 Å². The van der Waals surface area contributed by atoms with Crippen molar-refractivity contribution in [2.24, 2.45) is 0 Å². The van der Waals surface area contributed by atoms with E-state index in [9.17, 15) is 4.39 Å². The van der Waals surface area contributed by atoms with Crippen molar-refractivity contribution in [2.75, 3.05) is 5.32 Å². The molecule has 0 saturated heterocycles. The molecule has 31 heavy (non-hydrogen) atoms. The Morgan fingerprint density at radius 2 is 1.58 bits per heavy atom. The lowest BCUT2D eigenvalue weighted by atomic mass is 10.1. The third kappa shape index (κ3) is 4.37. The van der Waals surface area contributed by atoms with Gasteiger partial charge in [0.15, 0.2) is 5.82 Å². The largest absolute Gasteiger partial charge is 0.338 e. The van der Waals surface area contributed by atoms with Crippen molar-refractivity contribution in [3.8, 4) is 0 Å². The molecule has 0 fully saturated rings. The first-order valence-corrected chi connectivity index (χ1v) is 11.4. The number of aromatic nitrogens is 2. The van der Waals surface area contributed by atoms with E-state index in [4.69, 9.17) is 21.6 Å². The van der Waals surface area contributed by atoms with E-state index in [2.05, 4.69) is 27.3 Å². The Balaban J connectivity index is 1.65. The lowest BCUT2D eigenvalue weighted by Crippen LogP contribution is -2.00. The third-order valence-electron chi connectivity index (χ3n) is 4.69. The zero-order valence-corrected chi connectivity index (χ0v) is 19.1. The number of anilines is 2. The summed E-state index contributed by atoms with van der Waals surface area (Å²) in [7, 11) is 0. The number of fused-ring (bicyclic) bond motifs is 2. The van der Waals surface area contributed by atoms with Gasteiger partial charge in [-0.25, -0.2) is 14.4 Å². The molecule has 1 aromatic heterocycles. The van der Waals surface area contributed by atoms with Gasteiger partial charge in [0, 0.05) is 15.1 Å². The number of nitrogens with zero attached hydrogens (tertiary/aromatic N) is 2. The molecule has 0 aliphatic carbocycles. The smallest absolute Gasteiger partial charge is 0.164 e. The first-order chi connectivity index (χ1) is 15.0. The van der Waals surface area contributed by atoms with Crippen LogP contribution in [0.25, 0.3) is 21.8 Å². The molecule has 0 amide bonds. The molecule has 0 spiro atoms. The topological polar surface area (TPSA) is 37.8 Å². The van der Waals surface area contributed by atoms with Crippen LogP contribution in [0.4, 0.5) is 15.9 Å². The lowest BCUT2D eigenvalue weighted by Gasteiger charge is -2.13. The maximum Gasteiger partial charge on any atom is 0.164 e. The predicted octanol–water partition coefficient (Wildman–Crippen LogP) is 8.23. The Morgan fingerprint density at radius 3 is 2.29 bits per heavy atom. The number of benzene rings is 4. The molecule has 0 aliphatic rings. The highest BCUT2D eigenvalue weighted by Crippen LogP contribution is 2.36. The molecule has 0 atom stereocenters. The fourth-order valence-electron chi connectivity index (χ4n) is 3.23. The van der Waals surface area contributed by atoms with E-state index >= 15 is 0 Å². The minimum Gasteiger partial charge on any atom is -0.338 e. The molecule has 0 aliphatic heterocycles. The zero-order valence-electron chi connectivity index (χ0n) is 15.9. The summed E-state index contributed by atoms with van der Waals surface area (Å²) in [6.07, 6.45) is 0. The van der Waals surface area contributed by atoms with Crippen LogP contribution in [0, 0.1) is 5.82 Å². The highest BCUT2D eigenvalue weighted by atomic mass is 79.9. The second kappa shape index (κ2) is 8.46. The molecule has 0 radical (unpaired) electrons. The fourth-order valence-corrected chi connectivity index (χ4v) is 4.86. The molecule has 0 unspecified atom stereocenters. The molecule has 4 aromatic carbocycles. The van der Waals surface area contributed by atoms with Crippen LogP contribution in [-0.2, 0) is 0 Å². The summed E-state index contributed by atoms with van der Waals surface area (Å²) in [4.78, 5) is 10.8. The number of nitrogens with one attached hydrogen (secondary N) is 1. The molecular formula is C24H14BrClFN3S. The number of rotatable bonds is 4. The van der Waals surface area contributed by atoms with Gasteiger partial charge in [-0.15, -0.1) is 0 Å². The maximum atomic E-state index is 13.6. The Labute approximate surface area is 195 Å². The molecular weight excluding hydrogens is 497 g/mol. The van der Waals surface area contributed by atoms with Gasteiger partial charge in [-0.1, -0.05) is 69.6 Å². The van der Waals surface area contributed by atoms with Crippen LogP contribution < -0.4 is 5.32 Å². The summed E-state index contributed by atoms with van der Waals surface area (Å²) in [5.41, 5.74) is 2.21. The highest BCUT2D eigenvalue weighted by Gasteiger charge is 2.13. The number of halogens is 3. The van der Waals surface area contributed by atoms with E-state index in [1.54, 1.807) is 6.07 Å². The van der Waals surface area contributed by atoms with Crippen molar-refractivity contribution in [1.29, 1.82) is 0 Å². The highest BCUT2D eigenvalue weighted by molar-refractivity contribution is 9.10. The van der Waals surface area contributed by atoms with Crippen molar-refractivity contribution < 1.29 is 4.39 Å². The van der Waals surface area contributed by atoms with Gasteiger partial charge in [-0.05, 0) is 59.3 Å². The summed E-state index contributed by atoms with van der Waals surface area (Å²) < 4.78 is 14.6. The molecule has 5 rings (SSSR count). The average molecular weight is 511 g/mol. The minimum absolute atomic E-state index is 0.0472. The number of hydrogen-bond acceptors (Lipinski definition) is 4. The molecule has 1 N–H and O–H groups in total. The van der Waals surface area contributed by atoms with Crippen LogP contribution in [0.3, 0.4) is 0 Å². The first-order valence-electron chi connectivity index (χ1n) is 9.41. The maximum absolute atomic E-state index is 13.6. The summed E-state index contributed by atoms with van der Waals surface area (Å²) in [6, 6.07) is 24.7. The van der Waals surface area contributed by atoms with Crippen LogP contribution in [0.1, 0.15) is 0 Å². The van der Waals surface area contributed by atoms with Gasteiger partial charge in [-0.2, -0.15) is 0 Å². The van der Waals surface area contributed by atoms with Gasteiger partial charge >= 0.3 is 0 Å². The Morgan fingerprint density at radius 1 is 0.839 bits per heavy atom. The van der Waals surface area contributed by atoms with Crippen molar-refractivity contribution in [3.63, 3.8) is 0 Å². The number of hydrogen-bond donors (Lipinski definition) is 1. The SMILES string of the molecule is Fc1ccc(Nc2nc3cc4ccccc4cc3nc2Sc2cccc(Br)c2)cc1Cl. The van der Waals surface area contributed by atoms with Crippen molar-refractivity contribution in [1.82, 2.24) is 9.97 Å². The van der Waals surface area contributed by atoms with E-state index in [1.807, 2.05) is 54.6 Å². The average Bonchev–Trinajstić information content (AvgIpc) is 2.75. The third-order valence-corrected chi connectivity index (χ3v) is 6.44. The second-order valence-electron chi connectivity index (χ2n) is 6.88. The first kappa shape index (κ1) is 20.2. The standard InChI is InChI=1S/C24H14BrClFN3S/c25-16-6-3-7-18(12-16)31-24-23(28-17-8-9-20(27)19(26)13-17)29-21-10-14-4-1-2-5-15(14)11-22(21)30-24/h1-13H,(H,28,29). The zero-order chi connectivity index (χ0) is 21.4. The van der Waals surface area contributed by atoms with Crippen molar-refractivity contribution >= 4 is 72.6 Å². The van der Waals surface area contributed by atoms with Gasteiger partial charge in [-0.3, -0.25) is 0 Å². The lowest BCUT2D eigenvalue weighted by molar-refractivity contribution is 0.628. The molecule has 0 bridgehead atoms. The van der Waals surface area contributed by atoms with E-state index in [1.165, 1.54) is 23.9 Å². The van der Waals surface area contributed by atoms with Gasteiger partial charge in [0.25, 0.3) is 0 Å². The molecule has 152 valence electrons. The minimum atomic E-state index is -0.466. The van der Waals surface area contributed by atoms with Crippen LogP contribution in [0.2, 0.25) is 5.02 Å². The van der Waals surface area contributed by atoms with Gasteiger partial charge < -0.3 is 5.32 Å². The Bertz CT molecular complexity index is 1440. The summed E-state index contributed by atoms with van der Waals surface area (Å²) in [5.74, 6) is 0.113. The molecule has 3 nitrogen and oxygen atoms in total. The Hall–Kier alpha value is -2.67. The van der Waals surface area contributed by atoms with Crippen molar-refractivity contribution in [3.05, 3.63) is 94.2 Å². The fraction of sp³-hybridized carbons (Fsp3) is 0. The summed E-state index contributed by atoms with van der Waals surface area (Å²) >= 11 is 11.0. The second-order valence-corrected chi connectivity index (χ2v) is 9.26. The quantitative estimate of drug-likeness (QED) is 0.247. The summed E-state index contributed by atoms with van der Waals surface area (Å²) in [6.45, 7) is 0. The molecule has 7 heteroatoms. The van der Waals surface area contributed by atoms with Crippen LogP contribution in [-0.4, -0.2) is 9.97 Å². The molecule has 1 heterocycles. The summed E-state index contributed by atoms with van der Waals surface area (Å²) in [5, 5.41) is 6.21. The van der Waals surface area contributed by atoms with Crippen LogP contribution >= 0.6 is 39.3 Å². The molecule has 0 saturated carbocycles. The van der Waals surface area contributed by atoms with Gasteiger partial charge in [0.05, 0.1) is 16.1 Å². The van der Waals surface area contributed by atoms with Crippen LogP contribution in [0.5, 0.6) is 0 Å². The van der Waals surface area contributed by atoms with E-state index in [0.29, 0.717) is 16.5 Å². The van der Waals surface area contributed by atoms with Crippen molar-refractivity contribution in [2.45, 2.75) is 9.92 Å². The van der Waals surface area contributed by atoms with Gasteiger partial charge in [0.2, 0.25) is 0 Å². The van der Waals surface area contributed by atoms with Gasteiger partial charge in [0.1, 0.15) is 10.8 Å². The monoisotopic (exact) mass is 509 g/mol. The van der Waals surface area contributed by atoms with E-state index < -0.39 is 5.82 Å². The van der Waals surface area contributed by atoms with Crippen LogP contribution in [0.15, 0.2) is 93.3 Å². The normalized spacial score (nSPS) is 11.2.